The van der Waals surface area contributed by atoms with Gasteiger partial charge in [-0.25, -0.2) is 8.42 Å². The molecule has 0 saturated heterocycles. The minimum atomic E-state index is -3.75. The second kappa shape index (κ2) is 8.54. The molecule has 1 amide bonds. The summed E-state index contributed by atoms with van der Waals surface area (Å²) in [6.07, 6.45) is 3.54. The van der Waals surface area contributed by atoms with E-state index in [0.29, 0.717) is 35.1 Å². The third kappa shape index (κ3) is 5.30. The number of benzene rings is 2. The lowest BCUT2D eigenvalue weighted by molar-refractivity contribution is 0.102. The largest absolute Gasteiger partial charge is 0.322 e. The molecule has 2 aromatic rings. The fourth-order valence-electron chi connectivity index (χ4n) is 2.72. The number of nitrogens with one attached hydrogen (secondary N) is 2. The van der Waals surface area contributed by atoms with E-state index in [1.54, 1.807) is 36.4 Å². The molecule has 0 unspecified atom stereocenters. The summed E-state index contributed by atoms with van der Waals surface area (Å²) in [5.74, 6) is 0.144. The Hall–Kier alpha value is -2.38. The van der Waals surface area contributed by atoms with Gasteiger partial charge in [0.1, 0.15) is 5.84 Å². The summed E-state index contributed by atoms with van der Waals surface area (Å²) in [5, 5.41) is 3.23. The molecule has 0 radical (unpaired) electrons. The zero-order valence-electron chi connectivity index (χ0n) is 14.6. The Morgan fingerprint density at radius 2 is 1.81 bits per heavy atom. The molecule has 2 aromatic carbocycles. The van der Waals surface area contributed by atoms with Gasteiger partial charge in [0.25, 0.3) is 15.9 Å². The van der Waals surface area contributed by atoms with Crippen LogP contribution in [0.5, 0.6) is 0 Å². The monoisotopic (exact) mass is 405 g/mol. The van der Waals surface area contributed by atoms with Gasteiger partial charge in [-0.05, 0) is 55.3 Å². The van der Waals surface area contributed by atoms with E-state index in [2.05, 4.69) is 15.0 Å². The number of carbonyl (C=O) groups is 1. The van der Waals surface area contributed by atoms with Gasteiger partial charge in [-0.15, -0.1) is 0 Å². The number of amidine groups is 1. The predicted octanol–water partition coefficient (Wildman–Crippen LogP) is 3.84. The predicted molar refractivity (Wildman–Crippen MR) is 107 cm³/mol. The van der Waals surface area contributed by atoms with E-state index >= 15 is 0 Å². The number of hydrogen-bond donors (Lipinski definition) is 2. The van der Waals surface area contributed by atoms with Gasteiger partial charge < -0.3 is 5.32 Å². The number of carbonyl (C=O) groups excluding carboxylic acids is 1. The third-order valence-corrected chi connectivity index (χ3v) is 5.77. The van der Waals surface area contributed by atoms with Crippen LogP contribution in [0.3, 0.4) is 0 Å². The van der Waals surface area contributed by atoms with Crippen LogP contribution in [0.2, 0.25) is 5.02 Å². The zero-order chi connectivity index (χ0) is 19.3. The molecule has 6 nitrogen and oxygen atoms in total. The maximum Gasteiger partial charge on any atom is 0.262 e. The molecule has 0 saturated carbocycles. The minimum Gasteiger partial charge on any atom is -0.322 e. The van der Waals surface area contributed by atoms with Gasteiger partial charge >= 0.3 is 0 Å². The van der Waals surface area contributed by atoms with Crippen molar-refractivity contribution >= 4 is 39.1 Å². The number of nitrogens with zero attached hydrogens (tertiary/aromatic N) is 1. The second-order valence-corrected chi connectivity index (χ2v) is 8.35. The Balaban J connectivity index is 1.75. The van der Waals surface area contributed by atoms with Crippen molar-refractivity contribution in [1.82, 2.24) is 4.72 Å². The van der Waals surface area contributed by atoms with E-state index in [0.717, 1.165) is 19.3 Å². The van der Waals surface area contributed by atoms with E-state index in [1.807, 2.05) is 0 Å². The molecule has 8 heteroatoms. The number of anilines is 1. The number of sulfonamides is 1. The molecule has 0 fully saturated rings. The molecule has 1 heterocycles. The van der Waals surface area contributed by atoms with Crippen molar-refractivity contribution in [3.63, 3.8) is 0 Å². The zero-order valence-corrected chi connectivity index (χ0v) is 16.2. The number of aliphatic imine (C=N–C) groups is 1. The fraction of sp³-hybridized carbons (Fsp3) is 0.263. The van der Waals surface area contributed by atoms with Gasteiger partial charge in [0.2, 0.25) is 0 Å². The number of hydrogen-bond acceptors (Lipinski definition) is 4. The number of halogens is 1. The molecular weight excluding hydrogens is 386 g/mol. The molecular formula is C19H20ClN3O3S. The maximum atomic E-state index is 12.6. The lowest BCUT2D eigenvalue weighted by Crippen LogP contribution is -2.30. The lowest BCUT2D eigenvalue weighted by atomic mass is 10.2. The van der Waals surface area contributed by atoms with Gasteiger partial charge in [0.05, 0.1) is 4.90 Å². The summed E-state index contributed by atoms with van der Waals surface area (Å²) >= 11 is 5.82. The van der Waals surface area contributed by atoms with Crippen LogP contribution < -0.4 is 10.0 Å². The van der Waals surface area contributed by atoms with Crippen LogP contribution in [0.4, 0.5) is 5.69 Å². The quantitative estimate of drug-likeness (QED) is 0.809. The summed E-state index contributed by atoms with van der Waals surface area (Å²) in [6, 6.07) is 12.6. The Morgan fingerprint density at radius 3 is 2.59 bits per heavy atom. The van der Waals surface area contributed by atoms with Crippen LogP contribution in [0.25, 0.3) is 0 Å². The molecule has 0 aromatic heterocycles. The first-order valence-corrected chi connectivity index (χ1v) is 10.5. The Morgan fingerprint density at radius 1 is 1.04 bits per heavy atom. The van der Waals surface area contributed by atoms with Crippen LogP contribution in [0.15, 0.2) is 58.4 Å². The highest BCUT2D eigenvalue weighted by Gasteiger charge is 2.18. The molecule has 0 spiro atoms. The van der Waals surface area contributed by atoms with Gasteiger partial charge in [-0.1, -0.05) is 24.1 Å². The summed E-state index contributed by atoms with van der Waals surface area (Å²) in [6.45, 7) is 0.634. The molecule has 142 valence electrons. The van der Waals surface area contributed by atoms with E-state index in [9.17, 15) is 13.2 Å². The first-order valence-electron chi connectivity index (χ1n) is 8.67. The second-order valence-electron chi connectivity index (χ2n) is 6.23. The van der Waals surface area contributed by atoms with Crippen molar-refractivity contribution in [3.05, 3.63) is 59.1 Å². The van der Waals surface area contributed by atoms with Crippen molar-refractivity contribution in [2.75, 3.05) is 11.9 Å². The Labute approximate surface area is 163 Å². The van der Waals surface area contributed by atoms with Crippen molar-refractivity contribution in [2.45, 2.75) is 30.6 Å². The van der Waals surface area contributed by atoms with Gasteiger partial charge in [-0.3, -0.25) is 14.5 Å². The van der Waals surface area contributed by atoms with Gasteiger partial charge in [0, 0.05) is 29.2 Å². The van der Waals surface area contributed by atoms with Crippen molar-refractivity contribution < 1.29 is 13.2 Å². The van der Waals surface area contributed by atoms with Crippen LogP contribution in [-0.4, -0.2) is 26.7 Å². The third-order valence-electron chi connectivity index (χ3n) is 4.14. The maximum absolute atomic E-state index is 12.6. The molecule has 0 aliphatic carbocycles. The summed E-state index contributed by atoms with van der Waals surface area (Å²) in [7, 11) is -3.75. The first kappa shape index (κ1) is 19.4. The topological polar surface area (TPSA) is 87.6 Å². The Kier molecular flexibility index (Phi) is 6.13. The first-order chi connectivity index (χ1) is 12.9. The van der Waals surface area contributed by atoms with Crippen LogP contribution in [0, 0.1) is 0 Å². The fourth-order valence-corrected chi connectivity index (χ4v) is 3.98. The molecule has 0 bridgehead atoms. The smallest absolute Gasteiger partial charge is 0.262 e. The standard InChI is InChI=1S/C19H20ClN3O3S/c20-15-10-8-14(9-11-15)19(24)22-16-5-4-6-17(13-16)27(25,26)23-18-7-2-1-3-12-21-18/h4-6,8-11,13H,1-3,7,12H2,(H,21,23)(H,22,24). The van der Waals surface area contributed by atoms with Crippen molar-refractivity contribution in [3.8, 4) is 0 Å². The highest BCUT2D eigenvalue weighted by molar-refractivity contribution is 7.90. The molecule has 3 rings (SSSR count). The molecule has 27 heavy (non-hydrogen) atoms. The molecule has 1 aliphatic rings. The lowest BCUT2D eigenvalue weighted by Gasteiger charge is -2.11. The van der Waals surface area contributed by atoms with E-state index in [1.165, 1.54) is 12.1 Å². The van der Waals surface area contributed by atoms with Crippen molar-refractivity contribution in [1.29, 1.82) is 0 Å². The number of amides is 1. The van der Waals surface area contributed by atoms with E-state index in [4.69, 9.17) is 11.6 Å². The summed E-state index contributed by atoms with van der Waals surface area (Å²) in [5.41, 5.74) is 0.819. The van der Waals surface area contributed by atoms with E-state index in [-0.39, 0.29) is 10.8 Å². The highest BCUT2D eigenvalue weighted by Crippen LogP contribution is 2.18. The van der Waals surface area contributed by atoms with Gasteiger partial charge in [0.15, 0.2) is 0 Å². The van der Waals surface area contributed by atoms with Crippen LogP contribution >= 0.6 is 11.6 Å². The summed E-state index contributed by atoms with van der Waals surface area (Å²) < 4.78 is 27.8. The highest BCUT2D eigenvalue weighted by atomic mass is 35.5. The number of rotatable bonds is 4. The van der Waals surface area contributed by atoms with Crippen molar-refractivity contribution in [2.24, 2.45) is 4.99 Å². The average Bonchev–Trinajstić information content (AvgIpc) is 2.90. The summed E-state index contributed by atoms with van der Waals surface area (Å²) in [4.78, 5) is 16.7. The SMILES string of the molecule is O=C(Nc1cccc(S(=O)(=O)NC2=NCCCCC2)c1)c1ccc(Cl)cc1. The van der Waals surface area contributed by atoms with Crippen LogP contribution in [-0.2, 0) is 10.0 Å². The molecule has 1 aliphatic heterocycles. The normalized spacial score (nSPS) is 14.8. The molecule has 2 N–H and O–H groups in total. The van der Waals surface area contributed by atoms with E-state index < -0.39 is 10.0 Å². The molecule has 0 atom stereocenters. The Bertz CT molecular complexity index is 956. The minimum absolute atomic E-state index is 0.0725. The van der Waals surface area contributed by atoms with Gasteiger partial charge in [-0.2, -0.15) is 0 Å². The van der Waals surface area contributed by atoms with Crippen LogP contribution in [0.1, 0.15) is 36.0 Å². The average molecular weight is 406 g/mol.